The predicted octanol–water partition coefficient (Wildman–Crippen LogP) is 2.25. The molecule has 0 aromatic carbocycles. The van der Waals surface area contributed by atoms with Crippen LogP contribution in [0.25, 0.3) is 0 Å². The van der Waals surface area contributed by atoms with Gasteiger partial charge in [0.2, 0.25) is 0 Å². The maximum atomic E-state index is 3.50. The van der Waals surface area contributed by atoms with E-state index in [4.69, 9.17) is 0 Å². The van der Waals surface area contributed by atoms with Gasteiger partial charge in [0.25, 0.3) is 0 Å². The summed E-state index contributed by atoms with van der Waals surface area (Å²) in [5, 5.41) is 3.50. The molecular weight excluding hydrogens is 172 g/mol. The Hall–Kier alpha value is -0.0800. The highest BCUT2D eigenvalue weighted by molar-refractivity contribution is 4.90. The molecule has 1 unspecified atom stereocenters. The molecule has 1 fully saturated rings. The number of unbranched alkanes of at least 4 members (excludes halogenated alkanes) is 2. The lowest BCUT2D eigenvalue weighted by Gasteiger charge is -2.45. The third-order valence-corrected chi connectivity index (χ3v) is 3.62. The second-order valence-electron chi connectivity index (χ2n) is 4.72. The van der Waals surface area contributed by atoms with Gasteiger partial charge in [-0.2, -0.15) is 0 Å². The van der Waals surface area contributed by atoms with Crippen molar-refractivity contribution in [1.82, 2.24) is 10.2 Å². The van der Waals surface area contributed by atoms with Crippen molar-refractivity contribution >= 4 is 0 Å². The van der Waals surface area contributed by atoms with Gasteiger partial charge >= 0.3 is 0 Å². The average Bonchev–Trinajstić information content (AvgIpc) is 2.21. The molecule has 0 saturated carbocycles. The second-order valence-corrected chi connectivity index (χ2v) is 4.72. The molecule has 1 heterocycles. The molecule has 0 amide bonds. The van der Waals surface area contributed by atoms with Crippen molar-refractivity contribution in [2.75, 3.05) is 26.2 Å². The molecule has 0 aliphatic carbocycles. The van der Waals surface area contributed by atoms with Crippen LogP contribution in [0.2, 0.25) is 0 Å². The highest BCUT2D eigenvalue weighted by Gasteiger charge is 2.31. The van der Waals surface area contributed by atoms with E-state index in [9.17, 15) is 0 Å². The van der Waals surface area contributed by atoms with Gasteiger partial charge in [-0.25, -0.2) is 0 Å². The van der Waals surface area contributed by atoms with Gasteiger partial charge in [-0.05, 0) is 26.3 Å². The summed E-state index contributed by atoms with van der Waals surface area (Å²) in [4.78, 5) is 2.68. The van der Waals surface area contributed by atoms with Gasteiger partial charge in [-0.1, -0.05) is 26.7 Å². The van der Waals surface area contributed by atoms with Crippen LogP contribution in [-0.2, 0) is 0 Å². The molecule has 2 heteroatoms. The van der Waals surface area contributed by atoms with E-state index in [1.54, 1.807) is 0 Å². The number of hydrogen-bond donors (Lipinski definition) is 1. The Labute approximate surface area is 89.1 Å². The van der Waals surface area contributed by atoms with Gasteiger partial charge in [0, 0.05) is 25.2 Å². The van der Waals surface area contributed by atoms with Gasteiger partial charge < -0.3 is 5.32 Å². The minimum Gasteiger partial charge on any atom is -0.314 e. The van der Waals surface area contributed by atoms with Gasteiger partial charge in [0.1, 0.15) is 0 Å². The molecule has 0 spiro atoms. The lowest BCUT2D eigenvalue weighted by atomic mass is 9.93. The summed E-state index contributed by atoms with van der Waals surface area (Å²) in [7, 11) is 0. The quantitative estimate of drug-likeness (QED) is 0.682. The molecule has 1 saturated heterocycles. The number of nitrogens with zero attached hydrogens (tertiary/aromatic N) is 1. The van der Waals surface area contributed by atoms with Crippen LogP contribution in [0.15, 0.2) is 0 Å². The first kappa shape index (κ1) is 12.0. The van der Waals surface area contributed by atoms with Crippen molar-refractivity contribution in [3.05, 3.63) is 0 Å². The molecule has 2 nitrogen and oxygen atoms in total. The van der Waals surface area contributed by atoms with Crippen LogP contribution in [0.1, 0.15) is 46.5 Å². The van der Waals surface area contributed by atoms with E-state index in [1.165, 1.54) is 45.3 Å². The number of piperazine rings is 1. The highest BCUT2D eigenvalue weighted by Crippen LogP contribution is 2.21. The summed E-state index contributed by atoms with van der Waals surface area (Å²) >= 11 is 0. The summed E-state index contributed by atoms with van der Waals surface area (Å²) in [5.41, 5.74) is 0.409. The van der Waals surface area contributed by atoms with Crippen LogP contribution in [0.3, 0.4) is 0 Å². The zero-order valence-corrected chi connectivity index (χ0v) is 10.1. The zero-order valence-electron chi connectivity index (χ0n) is 10.1. The van der Waals surface area contributed by atoms with Crippen molar-refractivity contribution < 1.29 is 0 Å². The Bertz CT molecular complexity index is 158. The molecule has 0 aromatic heterocycles. The molecule has 1 N–H and O–H groups in total. The topological polar surface area (TPSA) is 15.3 Å². The smallest absolute Gasteiger partial charge is 0.0303 e. The first-order chi connectivity index (χ1) is 6.73. The maximum Gasteiger partial charge on any atom is 0.0303 e. The Morgan fingerprint density at radius 2 is 2.07 bits per heavy atom. The number of nitrogens with one attached hydrogen (secondary N) is 1. The molecule has 84 valence electrons. The van der Waals surface area contributed by atoms with Crippen LogP contribution in [-0.4, -0.2) is 36.6 Å². The Morgan fingerprint density at radius 3 is 2.71 bits per heavy atom. The number of rotatable bonds is 5. The van der Waals surface area contributed by atoms with Crippen molar-refractivity contribution in [2.24, 2.45) is 0 Å². The number of hydrogen-bond acceptors (Lipinski definition) is 2. The van der Waals surface area contributed by atoms with E-state index < -0.39 is 0 Å². The molecule has 1 rings (SSSR count). The minimum absolute atomic E-state index is 0.409. The van der Waals surface area contributed by atoms with E-state index in [-0.39, 0.29) is 0 Å². The Balaban J connectivity index is 2.38. The van der Waals surface area contributed by atoms with Crippen LogP contribution in [0.5, 0.6) is 0 Å². The predicted molar refractivity (Wildman–Crippen MR) is 62.7 cm³/mol. The lowest BCUT2D eigenvalue weighted by molar-refractivity contribution is 0.0697. The van der Waals surface area contributed by atoms with Gasteiger partial charge in [-0.15, -0.1) is 0 Å². The molecule has 1 atom stereocenters. The highest BCUT2D eigenvalue weighted by atomic mass is 15.2. The standard InChI is InChI=1S/C12H26N2/c1-4-6-7-9-14-10-8-13-11-12(14,3)5-2/h13H,4-11H2,1-3H3. The maximum absolute atomic E-state index is 3.50. The molecular formula is C12H26N2. The van der Waals surface area contributed by atoms with Gasteiger partial charge in [0.05, 0.1) is 0 Å². The van der Waals surface area contributed by atoms with Crippen molar-refractivity contribution in [3.63, 3.8) is 0 Å². The molecule has 14 heavy (non-hydrogen) atoms. The Kier molecular flexibility index (Phi) is 4.90. The SMILES string of the molecule is CCCCCN1CCNCC1(C)CC. The van der Waals surface area contributed by atoms with Crippen LogP contribution < -0.4 is 5.32 Å². The van der Waals surface area contributed by atoms with E-state index in [0.29, 0.717) is 5.54 Å². The molecule has 0 aromatic rings. The first-order valence-electron chi connectivity index (χ1n) is 6.18. The van der Waals surface area contributed by atoms with Crippen molar-refractivity contribution in [2.45, 2.75) is 52.0 Å². The Morgan fingerprint density at radius 1 is 1.29 bits per heavy atom. The summed E-state index contributed by atoms with van der Waals surface area (Å²) < 4.78 is 0. The summed E-state index contributed by atoms with van der Waals surface area (Å²) in [5.74, 6) is 0. The fraction of sp³-hybridized carbons (Fsp3) is 1.00. The molecule has 1 aliphatic heterocycles. The van der Waals surface area contributed by atoms with E-state index in [1.807, 2.05) is 0 Å². The van der Waals surface area contributed by atoms with Crippen LogP contribution in [0, 0.1) is 0 Å². The summed E-state index contributed by atoms with van der Waals surface area (Å²) in [6.45, 7) is 11.8. The third-order valence-electron chi connectivity index (χ3n) is 3.62. The molecule has 1 aliphatic rings. The van der Waals surface area contributed by atoms with Gasteiger partial charge in [0.15, 0.2) is 0 Å². The normalized spacial score (nSPS) is 29.4. The summed E-state index contributed by atoms with van der Waals surface area (Å²) in [6, 6.07) is 0. The van der Waals surface area contributed by atoms with Crippen LogP contribution >= 0.6 is 0 Å². The second kappa shape index (κ2) is 5.72. The largest absolute Gasteiger partial charge is 0.314 e. The molecule has 0 bridgehead atoms. The van der Waals surface area contributed by atoms with E-state index in [2.05, 4.69) is 31.0 Å². The minimum atomic E-state index is 0.409. The van der Waals surface area contributed by atoms with Crippen LogP contribution in [0.4, 0.5) is 0 Å². The summed E-state index contributed by atoms with van der Waals surface area (Å²) in [6.07, 6.45) is 5.33. The fourth-order valence-electron chi connectivity index (χ4n) is 2.24. The fourth-order valence-corrected chi connectivity index (χ4v) is 2.24. The van der Waals surface area contributed by atoms with Crippen molar-refractivity contribution in [3.8, 4) is 0 Å². The molecule has 0 radical (unpaired) electrons. The average molecular weight is 198 g/mol. The third kappa shape index (κ3) is 2.96. The van der Waals surface area contributed by atoms with E-state index >= 15 is 0 Å². The lowest BCUT2D eigenvalue weighted by Crippen LogP contribution is -2.59. The monoisotopic (exact) mass is 198 g/mol. The zero-order chi connectivity index (χ0) is 10.4. The van der Waals surface area contributed by atoms with E-state index in [0.717, 1.165) is 6.54 Å². The first-order valence-corrected chi connectivity index (χ1v) is 6.18. The van der Waals surface area contributed by atoms with Gasteiger partial charge in [-0.3, -0.25) is 4.90 Å². The van der Waals surface area contributed by atoms with Crippen molar-refractivity contribution in [1.29, 1.82) is 0 Å².